The van der Waals surface area contributed by atoms with Crippen LogP contribution in [0.1, 0.15) is 6.42 Å². The highest BCUT2D eigenvalue weighted by Crippen LogP contribution is 2.15. The molecule has 0 spiro atoms. The summed E-state index contributed by atoms with van der Waals surface area (Å²) in [5, 5.41) is 2.93. The Morgan fingerprint density at radius 1 is 1.60 bits per heavy atom. The smallest absolute Gasteiger partial charge is 0.236 e. The van der Waals surface area contributed by atoms with E-state index >= 15 is 0 Å². The number of carbonyl (C=O) groups is 2. The molecule has 1 aliphatic heterocycles. The van der Waals surface area contributed by atoms with Gasteiger partial charge in [0.15, 0.2) is 0 Å². The van der Waals surface area contributed by atoms with Crippen LogP contribution in [0.15, 0.2) is 12.7 Å². The Morgan fingerprint density at radius 3 is 2.87 bits per heavy atom. The number of nitrogens with zero attached hydrogens (tertiary/aromatic N) is 1. The Labute approximate surface area is 89.3 Å². The van der Waals surface area contributed by atoms with Crippen LogP contribution in [0.3, 0.4) is 0 Å². The van der Waals surface area contributed by atoms with E-state index in [2.05, 4.69) is 11.9 Å². The van der Waals surface area contributed by atoms with Crippen LogP contribution in [0, 0.1) is 5.92 Å². The summed E-state index contributed by atoms with van der Waals surface area (Å²) in [4.78, 5) is 24.1. The van der Waals surface area contributed by atoms with Gasteiger partial charge in [0.25, 0.3) is 0 Å². The molecule has 15 heavy (non-hydrogen) atoms. The molecule has 1 aliphatic rings. The van der Waals surface area contributed by atoms with Gasteiger partial charge in [-0.2, -0.15) is 0 Å². The third kappa shape index (κ3) is 3.36. The summed E-state index contributed by atoms with van der Waals surface area (Å²) in [7, 11) is 0. The van der Waals surface area contributed by atoms with Crippen LogP contribution in [0.5, 0.6) is 0 Å². The molecule has 84 valence electrons. The van der Waals surface area contributed by atoms with Crippen LogP contribution in [0.2, 0.25) is 0 Å². The summed E-state index contributed by atoms with van der Waals surface area (Å²) in [5.74, 6) is -0.474. The van der Waals surface area contributed by atoms with E-state index < -0.39 is 0 Å². The highest BCUT2D eigenvalue weighted by atomic mass is 16.2. The van der Waals surface area contributed by atoms with E-state index in [4.69, 9.17) is 5.73 Å². The van der Waals surface area contributed by atoms with Crippen molar-refractivity contribution in [1.29, 1.82) is 0 Å². The minimum absolute atomic E-state index is 0.0144. The van der Waals surface area contributed by atoms with E-state index in [1.54, 1.807) is 11.0 Å². The second kappa shape index (κ2) is 5.50. The average Bonchev–Trinajstić information content (AvgIpc) is 2.66. The molecule has 0 radical (unpaired) electrons. The maximum absolute atomic E-state index is 11.6. The van der Waals surface area contributed by atoms with Gasteiger partial charge < -0.3 is 16.0 Å². The first kappa shape index (κ1) is 11.7. The highest BCUT2D eigenvalue weighted by molar-refractivity contribution is 5.82. The Hall–Kier alpha value is -1.36. The van der Waals surface area contributed by atoms with Crippen LogP contribution < -0.4 is 11.1 Å². The lowest BCUT2D eigenvalue weighted by molar-refractivity contribution is -0.129. The molecule has 1 saturated heterocycles. The standard InChI is InChI=1S/C10H17N3O2/c1-2-4-12-6-9(14)13-5-3-8(7-13)10(11)15/h2,8,12H,1,3-7H2,(H2,11,15). The lowest BCUT2D eigenvalue weighted by atomic mass is 10.1. The van der Waals surface area contributed by atoms with Gasteiger partial charge in [-0.15, -0.1) is 6.58 Å². The van der Waals surface area contributed by atoms with Gasteiger partial charge in [-0.3, -0.25) is 9.59 Å². The van der Waals surface area contributed by atoms with E-state index in [9.17, 15) is 9.59 Å². The van der Waals surface area contributed by atoms with Crippen molar-refractivity contribution in [3.8, 4) is 0 Å². The van der Waals surface area contributed by atoms with Crippen molar-refractivity contribution in [1.82, 2.24) is 10.2 Å². The van der Waals surface area contributed by atoms with E-state index in [0.29, 0.717) is 26.1 Å². The highest BCUT2D eigenvalue weighted by Gasteiger charge is 2.28. The molecule has 3 N–H and O–H groups in total. The molecule has 1 fully saturated rings. The second-order valence-electron chi connectivity index (χ2n) is 3.65. The number of likely N-dealkylation sites (tertiary alicyclic amines) is 1. The first-order valence-corrected chi connectivity index (χ1v) is 5.04. The largest absolute Gasteiger partial charge is 0.369 e. The minimum Gasteiger partial charge on any atom is -0.369 e. The molecule has 1 atom stereocenters. The average molecular weight is 211 g/mol. The van der Waals surface area contributed by atoms with Crippen molar-refractivity contribution in [2.75, 3.05) is 26.2 Å². The Kier molecular flexibility index (Phi) is 4.30. The van der Waals surface area contributed by atoms with Gasteiger partial charge in [0.05, 0.1) is 12.5 Å². The third-order valence-electron chi connectivity index (χ3n) is 2.51. The molecule has 1 unspecified atom stereocenters. The van der Waals surface area contributed by atoms with Gasteiger partial charge in [-0.25, -0.2) is 0 Å². The van der Waals surface area contributed by atoms with Crippen LogP contribution >= 0.6 is 0 Å². The zero-order valence-electron chi connectivity index (χ0n) is 8.74. The number of rotatable bonds is 5. The lowest BCUT2D eigenvalue weighted by Gasteiger charge is -2.15. The molecule has 0 aliphatic carbocycles. The normalized spacial score (nSPS) is 20.3. The maximum Gasteiger partial charge on any atom is 0.236 e. The third-order valence-corrected chi connectivity index (χ3v) is 2.51. The molecule has 5 nitrogen and oxygen atoms in total. The summed E-state index contributed by atoms with van der Waals surface area (Å²) in [6, 6.07) is 0. The van der Waals surface area contributed by atoms with Crippen molar-refractivity contribution in [3.63, 3.8) is 0 Å². The Morgan fingerprint density at radius 2 is 2.33 bits per heavy atom. The molecule has 0 saturated carbocycles. The number of primary amides is 1. The molecule has 0 aromatic carbocycles. The molecular weight excluding hydrogens is 194 g/mol. The van der Waals surface area contributed by atoms with Gasteiger partial charge in [-0.1, -0.05) is 6.08 Å². The Balaban J connectivity index is 2.30. The lowest BCUT2D eigenvalue weighted by Crippen LogP contribution is -2.37. The fourth-order valence-electron chi connectivity index (χ4n) is 1.61. The fraction of sp³-hybridized carbons (Fsp3) is 0.600. The molecule has 0 aromatic heterocycles. The zero-order valence-corrected chi connectivity index (χ0v) is 8.74. The summed E-state index contributed by atoms with van der Waals surface area (Å²) >= 11 is 0. The predicted molar refractivity (Wildman–Crippen MR) is 56.9 cm³/mol. The van der Waals surface area contributed by atoms with Gasteiger partial charge in [0.1, 0.15) is 0 Å². The second-order valence-corrected chi connectivity index (χ2v) is 3.65. The van der Waals surface area contributed by atoms with Crippen molar-refractivity contribution >= 4 is 11.8 Å². The van der Waals surface area contributed by atoms with Gasteiger partial charge >= 0.3 is 0 Å². The summed E-state index contributed by atoms with van der Waals surface area (Å²) < 4.78 is 0. The van der Waals surface area contributed by atoms with Gasteiger partial charge in [0, 0.05) is 19.6 Å². The van der Waals surface area contributed by atoms with Crippen LogP contribution in [-0.2, 0) is 9.59 Å². The number of amides is 2. The molecular formula is C10H17N3O2. The molecule has 5 heteroatoms. The topological polar surface area (TPSA) is 75.4 Å². The van der Waals surface area contributed by atoms with Crippen molar-refractivity contribution in [2.24, 2.45) is 11.7 Å². The molecule has 1 rings (SSSR count). The summed E-state index contributed by atoms with van der Waals surface area (Å²) in [6.07, 6.45) is 2.38. The van der Waals surface area contributed by atoms with Crippen LogP contribution in [-0.4, -0.2) is 42.9 Å². The van der Waals surface area contributed by atoms with Gasteiger partial charge in [0.2, 0.25) is 11.8 Å². The van der Waals surface area contributed by atoms with Crippen LogP contribution in [0.25, 0.3) is 0 Å². The summed E-state index contributed by atoms with van der Waals surface area (Å²) in [5.41, 5.74) is 5.18. The number of hydrogen-bond acceptors (Lipinski definition) is 3. The van der Waals surface area contributed by atoms with E-state index in [1.165, 1.54) is 0 Å². The minimum atomic E-state index is -0.315. The number of nitrogens with two attached hydrogens (primary N) is 1. The van der Waals surface area contributed by atoms with Crippen LogP contribution in [0.4, 0.5) is 0 Å². The summed E-state index contributed by atoms with van der Waals surface area (Å²) in [6.45, 7) is 5.53. The number of hydrogen-bond donors (Lipinski definition) is 2. The monoisotopic (exact) mass is 211 g/mol. The zero-order chi connectivity index (χ0) is 11.3. The predicted octanol–water partition coefficient (Wildman–Crippen LogP) is -0.904. The van der Waals surface area contributed by atoms with Crippen molar-refractivity contribution < 1.29 is 9.59 Å². The first-order valence-electron chi connectivity index (χ1n) is 5.04. The molecule has 1 heterocycles. The quantitative estimate of drug-likeness (QED) is 0.457. The molecule has 0 bridgehead atoms. The van der Waals surface area contributed by atoms with E-state index in [-0.39, 0.29) is 24.3 Å². The Bertz CT molecular complexity index is 265. The SMILES string of the molecule is C=CCNCC(=O)N1CCC(C(N)=O)C1. The van der Waals surface area contributed by atoms with Crippen molar-refractivity contribution in [2.45, 2.75) is 6.42 Å². The number of carbonyl (C=O) groups excluding carboxylic acids is 2. The maximum atomic E-state index is 11.6. The van der Waals surface area contributed by atoms with E-state index in [0.717, 1.165) is 0 Å². The fourth-order valence-corrected chi connectivity index (χ4v) is 1.61. The van der Waals surface area contributed by atoms with Gasteiger partial charge in [-0.05, 0) is 6.42 Å². The molecule has 2 amide bonds. The van der Waals surface area contributed by atoms with E-state index in [1.807, 2.05) is 0 Å². The first-order chi connectivity index (χ1) is 7.15. The number of nitrogens with one attached hydrogen (secondary N) is 1. The molecule has 0 aromatic rings. The van der Waals surface area contributed by atoms with Crippen molar-refractivity contribution in [3.05, 3.63) is 12.7 Å².